The highest BCUT2D eigenvalue weighted by atomic mass is 16.5. The van der Waals surface area contributed by atoms with E-state index in [1.165, 1.54) is 0 Å². The normalized spacial score (nSPS) is 19.9. The van der Waals surface area contributed by atoms with Crippen molar-refractivity contribution < 1.29 is 9.15 Å². The van der Waals surface area contributed by atoms with Gasteiger partial charge < -0.3 is 20.2 Å². The van der Waals surface area contributed by atoms with Crippen molar-refractivity contribution in [1.29, 1.82) is 0 Å². The Labute approximate surface area is 96.1 Å². The molecule has 0 atom stereocenters. The van der Waals surface area contributed by atoms with Gasteiger partial charge in [-0.2, -0.15) is 0 Å². The van der Waals surface area contributed by atoms with Gasteiger partial charge >= 0.3 is 0 Å². The van der Waals surface area contributed by atoms with E-state index < -0.39 is 0 Å². The average Bonchev–Trinajstić information content (AvgIpc) is 2.75. The van der Waals surface area contributed by atoms with Crippen molar-refractivity contribution in [2.45, 2.75) is 38.4 Å². The van der Waals surface area contributed by atoms with Gasteiger partial charge in [-0.15, -0.1) is 0 Å². The zero-order chi connectivity index (χ0) is 11.4. The number of hydrogen-bond acceptors (Lipinski definition) is 4. The SMILES string of the molecule is CC1(NCc2ccc(CN)o2)CCOCC1. The molecule has 0 aliphatic carbocycles. The summed E-state index contributed by atoms with van der Waals surface area (Å²) in [5.41, 5.74) is 5.67. The van der Waals surface area contributed by atoms with Crippen LogP contribution in [-0.4, -0.2) is 18.8 Å². The number of nitrogens with one attached hydrogen (secondary N) is 1. The second-order valence-corrected chi connectivity index (χ2v) is 4.60. The standard InChI is InChI=1S/C12H20N2O2/c1-12(4-6-15-7-5-12)14-9-11-3-2-10(8-13)16-11/h2-3,14H,4-9,13H2,1H3. The van der Waals surface area contributed by atoms with Crippen LogP contribution >= 0.6 is 0 Å². The highest BCUT2D eigenvalue weighted by Crippen LogP contribution is 2.20. The van der Waals surface area contributed by atoms with Gasteiger partial charge in [0.15, 0.2) is 0 Å². The van der Waals surface area contributed by atoms with E-state index in [4.69, 9.17) is 14.9 Å². The molecule has 1 aromatic heterocycles. The molecule has 1 aliphatic rings. The third-order valence-corrected chi connectivity index (χ3v) is 3.20. The molecule has 0 radical (unpaired) electrons. The van der Waals surface area contributed by atoms with Crippen LogP contribution in [0, 0.1) is 0 Å². The summed E-state index contributed by atoms with van der Waals surface area (Å²) in [6, 6.07) is 3.92. The Morgan fingerprint density at radius 2 is 2.00 bits per heavy atom. The Bertz CT molecular complexity index is 330. The first-order valence-corrected chi connectivity index (χ1v) is 5.82. The molecule has 0 bridgehead atoms. The molecular weight excluding hydrogens is 204 g/mol. The molecule has 1 aromatic rings. The molecule has 0 spiro atoms. The van der Waals surface area contributed by atoms with Crippen molar-refractivity contribution in [2.24, 2.45) is 5.73 Å². The van der Waals surface area contributed by atoms with Crippen LogP contribution in [0.5, 0.6) is 0 Å². The van der Waals surface area contributed by atoms with Gasteiger partial charge in [-0.3, -0.25) is 0 Å². The Kier molecular flexibility index (Phi) is 3.63. The van der Waals surface area contributed by atoms with E-state index in [1.54, 1.807) is 0 Å². The van der Waals surface area contributed by atoms with Crippen molar-refractivity contribution in [3.8, 4) is 0 Å². The number of furan rings is 1. The molecule has 16 heavy (non-hydrogen) atoms. The minimum atomic E-state index is 0.175. The first-order valence-electron chi connectivity index (χ1n) is 5.82. The van der Waals surface area contributed by atoms with Gasteiger partial charge in [0.1, 0.15) is 11.5 Å². The Morgan fingerprint density at radius 1 is 1.31 bits per heavy atom. The molecule has 1 aliphatic heterocycles. The summed E-state index contributed by atoms with van der Waals surface area (Å²) in [6.45, 7) is 5.15. The Morgan fingerprint density at radius 3 is 2.62 bits per heavy atom. The van der Waals surface area contributed by atoms with Crippen molar-refractivity contribution >= 4 is 0 Å². The van der Waals surface area contributed by atoms with Gasteiger partial charge in [-0.25, -0.2) is 0 Å². The van der Waals surface area contributed by atoms with E-state index in [9.17, 15) is 0 Å². The lowest BCUT2D eigenvalue weighted by Crippen LogP contribution is -2.46. The lowest BCUT2D eigenvalue weighted by molar-refractivity contribution is 0.0439. The van der Waals surface area contributed by atoms with Crippen LogP contribution in [-0.2, 0) is 17.8 Å². The summed E-state index contributed by atoms with van der Waals surface area (Å²) in [7, 11) is 0. The maximum absolute atomic E-state index is 5.55. The van der Waals surface area contributed by atoms with Crippen molar-refractivity contribution in [2.75, 3.05) is 13.2 Å². The molecule has 2 rings (SSSR count). The third kappa shape index (κ3) is 2.84. The molecular formula is C12H20N2O2. The number of rotatable bonds is 4. The predicted molar refractivity (Wildman–Crippen MR) is 61.9 cm³/mol. The number of nitrogens with two attached hydrogens (primary N) is 1. The Hall–Kier alpha value is -0.840. The molecule has 4 nitrogen and oxygen atoms in total. The van der Waals surface area contributed by atoms with E-state index in [0.29, 0.717) is 6.54 Å². The van der Waals surface area contributed by atoms with E-state index in [0.717, 1.165) is 44.1 Å². The summed E-state index contributed by atoms with van der Waals surface area (Å²) in [5.74, 6) is 1.79. The van der Waals surface area contributed by atoms with Crippen LogP contribution in [0.25, 0.3) is 0 Å². The van der Waals surface area contributed by atoms with Crippen molar-refractivity contribution in [3.05, 3.63) is 23.7 Å². The van der Waals surface area contributed by atoms with Crippen molar-refractivity contribution in [3.63, 3.8) is 0 Å². The minimum Gasteiger partial charge on any atom is -0.463 e. The Balaban J connectivity index is 1.86. The van der Waals surface area contributed by atoms with E-state index in [2.05, 4.69) is 12.2 Å². The zero-order valence-corrected chi connectivity index (χ0v) is 9.79. The van der Waals surface area contributed by atoms with Crippen LogP contribution in [0.4, 0.5) is 0 Å². The fourth-order valence-electron chi connectivity index (χ4n) is 1.93. The lowest BCUT2D eigenvalue weighted by Gasteiger charge is -2.34. The molecule has 0 aromatic carbocycles. The second-order valence-electron chi connectivity index (χ2n) is 4.60. The van der Waals surface area contributed by atoms with Gasteiger partial charge in [0, 0.05) is 18.8 Å². The summed E-state index contributed by atoms with van der Waals surface area (Å²) < 4.78 is 10.9. The van der Waals surface area contributed by atoms with Gasteiger partial charge in [0.2, 0.25) is 0 Å². The molecule has 0 amide bonds. The van der Waals surface area contributed by atoms with Gasteiger partial charge in [-0.05, 0) is 31.9 Å². The molecule has 2 heterocycles. The molecule has 0 unspecified atom stereocenters. The second kappa shape index (κ2) is 4.99. The first kappa shape index (κ1) is 11.6. The maximum Gasteiger partial charge on any atom is 0.118 e. The third-order valence-electron chi connectivity index (χ3n) is 3.20. The highest BCUT2D eigenvalue weighted by Gasteiger charge is 2.26. The van der Waals surface area contributed by atoms with Crippen LogP contribution in [0.15, 0.2) is 16.5 Å². The van der Waals surface area contributed by atoms with Crippen LogP contribution < -0.4 is 11.1 Å². The summed E-state index contributed by atoms with van der Waals surface area (Å²) in [5, 5.41) is 3.54. The van der Waals surface area contributed by atoms with Crippen LogP contribution in [0.2, 0.25) is 0 Å². The molecule has 0 saturated carbocycles. The van der Waals surface area contributed by atoms with Crippen LogP contribution in [0.3, 0.4) is 0 Å². The van der Waals surface area contributed by atoms with E-state index >= 15 is 0 Å². The fourth-order valence-corrected chi connectivity index (χ4v) is 1.93. The molecule has 90 valence electrons. The number of ether oxygens (including phenoxy) is 1. The quantitative estimate of drug-likeness (QED) is 0.811. The first-order chi connectivity index (χ1) is 7.72. The van der Waals surface area contributed by atoms with E-state index in [-0.39, 0.29) is 5.54 Å². The van der Waals surface area contributed by atoms with Gasteiger partial charge in [-0.1, -0.05) is 0 Å². The smallest absolute Gasteiger partial charge is 0.118 e. The largest absolute Gasteiger partial charge is 0.463 e. The zero-order valence-electron chi connectivity index (χ0n) is 9.79. The van der Waals surface area contributed by atoms with Crippen LogP contribution in [0.1, 0.15) is 31.3 Å². The topological polar surface area (TPSA) is 60.4 Å². The molecule has 1 saturated heterocycles. The van der Waals surface area contributed by atoms with Gasteiger partial charge in [0.25, 0.3) is 0 Å². The average molecular weight is 224 g/mol. The molecule has 1 fully saturated rings. The molecule has 4 heteroatoms. The summed E-state index contributed by atoms with van der Waals surface area (Å²) in [4.78, 5) is 0. The summed E-state index contributed by atoms with van der Waals surface area (Å²) >= 11 is 0. The molecule has 3 N–H and O–H groups in total. The van der Waals surface area contributed by atoms with Gasteiger partial charge in [0.05, 0.1) is 13.1 Å². The summed E-state index contributed by atoms with van der Waals surface area (Å²) in [6.07, 6.45) is 2.11. The highest BCUT2D eigenvalue weighted by molar-refractivity contribution is 5.07. The monoisotopic (exact) mass is 224 g/mol. The van der Waals surface area contributed by atoms with E-state index in [1.807, 2.05) is 12.1 Å². The minimum absolute atomic E-state index is 0.175. The van der Waals surface area contributed by atoms with Crippen molar-refractivity contribution in [1.82, 2.24) is 5.32 Å². The number of hydrogen-bond donors (Lipinski definition) is 2. The lowest BCUT2D eigenvalue weighted by atomic mass is 9.92. The predicted octanol–water partition coefficient (Wildman–Crippen LogP) is 1.40. The fraction of sp³-hybridized carbons (Fsp3) is 0.667. The maximum atomic E-state index is 5.55.